The molecule has 1 amide bonds. The Bertz CT molecular complexity index is 707. The molecule has 116 valence electrons. The molecular weight excluding hydrogens is 280 g/mol. The summed E-state index contributed by atoms with van der Waals surface area (Å²) in [6.07, 6.45) is 1.62. The molecule has 1 aromatic carbocycles. The molecule has 0 aliphatic heterocycles. The van der Waals surface area contributed by atoms with Gasteiger partial charge in [0, 0.05) is 25.4 Å². The van der Waals surface area contributed by atoms with Crippen molar-refractivity contribution in [2.45, 2.75) is 26.6 Å². The number of aryl methyl sites for hydroxylation is 1. The average molecular weight is 300 g/mol. The highest BCUT2D eigenvalue weighted by Gasteiger charge is 2.07. The van der Waals surface area contributed by atoms with Crippen LogP contribution >= 0.6 is 0 Å². The maximum absolute atomic E-state index is 12.0. The molecule has 1 heterocycles. The van der Waals surface area contributed by atoms with Crippen LogP contribution in [0.15, 0.2) is 47.4 Å². The minimum atomic E-state index is -0.195. The molecule has 2 rings (SSSR count). The van der Waals surface area contributed by atoms with Crippen molar-refractivity contribution in [3.8, 4) is 0 Å². The number of nitrogens with one attached hydrogen (secondary N) is 1. The van der Waals surface area contributed by atoms with Gasteiger partial charge in [0.05, 0.1) is 6.61 Å². The van der Waals surface area contributed by atoms with Gasteiger partial charge in [-0.2, -0.15) is 0 Å². The van der Waals surface area contributed by atoms with E-state index in [1.165, 1.54) is 4.57 Å². The standard InChI is InChI=1S/C17H20N2O3/c1-13-6-5-9-19(17(13)21)11-16(20)18-10-14-7-3-4-8-15(14)12-22-2/h3-9H,10-12H2,1-2H3,(H,18,20). The summed E-state index contributed by atoms with van der Waals surface area (Å²) in [5.74, 6) is -0.195. The van der Waals surface area contributed by atoms with E-state index < -0.39 is 0 Å². The number of pyridine rings is 1. The topological polar surface area (TPSA) is 60.3 Å². The molecule has 1 aromatic heterocycles. The second kappa shape index (κ2) is 7.56. The summed E-state index contributed by atoms with van der Waals surface area (Å²) in [5, 5.41) is 2.84. The molecule has 0 saturated carbocycles. The van der Waals surface area contributed by atoms with Crippen molar-refractivity contribution in [2.75, 3.05) is 7.11 Å². The van der Waals surface area contributed by atoms with E-state index in [1.54, 1.807) is 32.4 Å². The van der Waals surface area contributed by atoms with Crippen LogP contribution in [0.25, 0.3) is 0 Å². The normalized spacial score (nSPS) is 10.5. The molecule has 0 saturated heterocycles. The van der Waals surface area contributed by atoms with Crippen molar-refractivity contribution in [2.24, 2.45) is 0 Å². The number of carbonyl (C=O) groups is 1. The fourth-order valence-corrected chi connectivity index (χ4v) is 2.21. The van der Waals surface area contributed by atoms with Crippen LogP contribution in [-0.2, 0) is 29.2 Å². The Balaban J connectivity index is 1.99. The number of rotatable bonds is 6. The second-order valence-corrected chi connectivity index (χ2v) is 5.10. The van der Waals surface area contributed by atoms with Crippen molar-refractivity contribution in [1.29, 1.82) is 0 Å². The van der Waals surface area contributed by atoms with Crippen LogP contribution in [0.1, 0.15) is 16.7 Å². The Labute approximate surface area is 129 Å². The summed E-state index contributed by atoms with van der Waals surface area (Å²) in [6.45, 7) is 2.67. The highest BCUT2D eigenvalue weighted by atomic mass is 16.5. The van der Waals surface area contributed by atoms with Crippen LogP contribution in [0.2, 0.25) is 0 Å². The van der Waals surface area contributed by atoms with Crippen LogP contribution < -0.4 is 10.9 Å². The zero-order valence-corrected chi connectivity index (χ0v) is 12.8. The van der Waals surface area contributed by atoms with E-state index in [0.29, 0.717) is 18.7 Å². The van der Waals surface area contributed by atoms with Gasteiger partial charge in [0.1, 0.15) is 6.54 Å². The van der Waals surface area contributed by atoms with E-state index in [2.05, 4.69) is 5.32 Å². The number of ether oxygens (including phenoxy) is 1. The third-order valence-electron chi connectivity index (χ3n) is 3.42. The maximum atomic E-state index is 12.0. The highest BCUT2D eigenvalue weighted by Crippen LogP contribution is 2.09. The molecule has 2 aromatic rings. The number of methoxy groups -OCH3 is 1. The van der Waals surface area contributed by atoms with Gasteiger partial charge in [-0.25, -0.2) is 0 Å². The monoisotopic (exact) mass is 300 g/mol. The number of hydrogen-bond acceptors (Lipinski definition) is 3. The molecule has 0 atom stereocenters. The van der Waals surface area contributed by atoms with Crippen molar-refractivity contribution >= 4 is 5.91 Å². The number of aromatic nitrogens is 1. The first-order valence-corrected chi connectivity index (χ1v) is 7.10. The van der Waals surface area contributed by atoms with Gasteiger partial charge in [-0.15, -0.1) is 0 Å². The Morgan fingerprint density at radius 2 is 1.91 bits per heavy atom. The van der Waals surface area contributed by atoms with Gasteiger partial charge >= 0.3 is 0 Å². The van der Waals surface area contributed by atoms with Crippen molar-refractivity contribution < 1.29 is 9.53 Å². The number of nitrogens with zero attached hydrogens (tertiary/aromatic N) is 1. The molecule has 0 aliphatic carbocycles. The van der Waals surface area contributed by atoms with Crippen molar-refractivity contribution in [1.82, 2.24) is 9.88 Å². The molecular formula is C17H20N2O3. The summed E-state index contributed by atoms with van der Waals surface area (Å²) >= 11 is 0. The van der Waals surface area contributed by atoms with Gasteiger partial charge in [-0.05, 0) is 24.1 Å². The first kappa shape index (κ1) is 16.0. The van der Waals surface area contributed by atoms with Gasteiger partial charge in [-0.1, -0.05) is 30.3 Å². The van der Waals surface area contributed by atoms with E-state index in [1.807, 2.05) is 24.3 Å². The van der Waals surface area contributed by atoms with Crippen LogP contribution in [0, 0.1) is 6.92 Å². The fraction of sp³-hybridized carbons (Fsp3) is 0.294. The van der Waals surface area contributed by atoms with E-state index in [9.17, 15) is 9.59 Å². The molecule has 0 fully saturated rings. The van der Waals surface area contributed by atoms with E-state index in [-0.39, 0.29) is 18.0 Å². The zero-order valence-electron chi connectivity index (χ0n) is 12.8. The molecule has 0 spiro atoms. The Morgan fingerprint density at radius 3 is 2.64 bits per heavy atom. The minimum Gasteiger partial charge on any atom is -0.380 e. The molecule has 0 bridgehead atoms. The number of amides is 1. The van der Waals surface area contributed by atoms with Gasteiger partial charge in [-0.3, -0.25) is 9.59 Å². The Morgan fingerprint density at radius 1 is 1.18 bits per heavy atom. The Hall–Kier alpha value is -2.40. The third-order valence-corrected chi connectivity index (χ3v) is 3.42. The maximum Gasteiger partial charge on any atom is 0.253 e. The van der Waals surface area contributed by atoms with Crippen LogP contribution in [0.3, 0.4) is 0 Å². The quantitative estimate of drug-likeness (QED) is 0.882. The lowest BCUT2D eigenvalue weighted by Crippen LogP contribution is -2.32. The lowest BCUT2D eigenvalue weighted by molar-refractivity contribution is -0.121. The lowest BCUT2D eigenvalue weighted by atomic mass is 10.1. The number of hydrogen-bond donors (Lipinski definition) is 1. The highest BCUT2D eigenvalue weighted by molar-refractivity contribution is 5.75. The van der Waals surface area contributed by atoms with E-state index in [4.69, 9.17) is 4.74 Å². The van der Waals surface area contributed by atoms with Gasteiger partial charge in [0.15, 0.2) is 0 Å². The molecule has 1 N–H and O–H groups in total. The first-order chi connectivity index (χ1) is 10.6. The molecule has 5 heteroatoms. The minimum absolute atomic E-state index is 0.0208. The van der Waals surface area contributed by atoms with Crippen LogP contribution in [-0.4, -0.2) is 17.6 Å². The SMILES string of the molecule is COCc1ccccc1CNC(=O)Cn1cccc(C)c1=O. The summed E-state index contributed by atoms with van der Waals surface area (Å²) in [5.41, 5.74) is 2.53. The molecule has 0 aliphatic rings. The van der Waals surface area contributed by atoms with E-state index >= 15 is 0 Å². The predicted molar refractivity (Wildman–Crippen MR) is 84.4 cm³/mol. The third kappa shape index (κ3) is 4.05. The number of benzene rings is 1. The largest absolute Gasteiger partial charge is 0.380 e. The van der Waals surface area contributed by atoms with Crippen molar-refractivity contribution in [3.05, 3.63) is 69.6 Å². The van der Waals surface area contributed by atoms with Crippen molar-refractivity contribution in [3.63, 3.8) is 0 Å². The molecule has 0 unspecified atom stereocenters. The predicted octanol–water partition coefficient (Wildman–Crippen LogP) is 1.62. The smallest absolute Gasteiger partial charge is 0.253 e. The number of carbonyl (C=O) groups excluding carboxylic acids is 1. The average Bonchev–Trinajstić information content (AvgIpc) is 2.51. The molecule has 0 radical (unpaired) electrons. The second-order valence-electron chi connectivity index (χ2n) is 5.10. The Kier molecular flexibility index (Phi) is 5.49. The lowest BCUT2D eigenvalue weighted by Gasteiger charge is -2.11. The summed E-state index contributed by atoms with van der Waals surface area (Å²) in [4.78, 5) is 23.9. The summed E-state index contributed by atoms with van der Waals surface area (Å²) in [6, 6.07) is 11.3. The first-order valence-electron chi connectivity index (χ1n) is 7.10. The van der Waals surface area contributed by atoms with Gasteiger partial charge in [0.25, 0.3) is 5.56 Å². The van der Waals surface area contributed by atoms with Crippen LogP contribution in [0.4, 0.5) is 0 Å². The zero-order chi connectivity index (χ0) is 15.9. The van der Waals surface area contributed by atoms with Gasteiger partial charge < -0.3 is 14.6 Å². The van der Waals surface area contributed by atoms with Gasteiger partial charge in [0.2, 0.25) is 5.91 Å². The fourth-order valence-electron chi connectivity index (χ4n) is 2.21. The van der Waals surface area contributed by atoms with Crippen LogP contribution in [0.5, 0.6) is 0 Å². The summed E-state index contributed by atoms with van der Waals surface area (Å²) in [7, 11) is 1.64. The summed E-state index contributed by atoms with van der Waals surface area (Å²) < 4.78 is 6.55. The molecule has 5 nitrogen and oxygen atoms in total. The van der Waals surface area contributed by atoms with E-state index in [0.717, 1.165) is 11.1 Å². The molecule has 22 heavy (non-hydrogen) atoms.